The van der Waals surface area contributed by atoms with Gasteiger partial charge in [-0.15, -0.1) is 0 Å². The van der Waals surface area contributed by atoms with E-state index in [1.54, 1.807) is 0 Å². The zero-order valence-corrected chi connectivity index (χ0v) is 4.97. The van der Waals surface area contributed by atoms with Gasteiger partial charge in [0.05, 0.1) is 13.1 Å². The molecule has 0 aromatic heterocycles. The Balaban J connectivity index is 2.22. The zero-order valence-electron chi connectivity index (χ0n) is 4.97. The Kier molecular flexibility index (Phi) is 2.03. The lowest BCUT2D eigenvalue weighted by Gasteiger charge is -2.13. The minimum Gasteiger partial charge on any atom is -0.346 e. The lowest BCUT2D eigenvalue weighted by molar-refractivity contribution is -0.663. The highest BCUT2D eigenvalue weighted by molar-refractivity contribution is 5.53. The topological polar surface area (TPSA) is 33.7 Å². The molecule has 0 aliphatic carbocycles. The van der Waals surface area contributed by atoms with Crippen molar-refractivity contribution in [1.82, 2.24) is 0 Å². The maximum atomic E-state index is 10.1. The molecule has 1 aliphatic heterocycles. The molecule has 0 bridgehead atoms. The number of nitrogens with two attached hydrogens (primary N) is 1. The standard InChI is InChI=1S/C6H11NO/c8-5-6-1-3-7-4-2-6/h5-7H,1-4H2/p+1. The van der Waals surface area contributed by atoms with Crippen molar-refractivity contribution >= 4 is 6.29 Å². The van der Waals surface area contributed by atoms with Crippen LogP contribution < -0.4 is 5.32 Å². The maximum absolute atomic E-state index is 10.1. The van der Waals surface area contributed by atoms with Gasteiger partial charge >= 0.3 is 0 Å². The largest absolute Gasteiger partial charge is 0.346 e. The van der Waals surface area contributed by atoms with Crippen molar-refractivity contribution in [3.8, 4) is 0 Å². The van der Waals surface area contributed by atoms with E-state index in [9.17, 15) is 4.79 Å². The average Bonchev–Trinajstić information content (AvgIpc) is 1.90. The third kappa shape index (κ3) is 1.30. The maximum Gasteiger partial charge on any atom is 0.123 e. The molecule has 1 rings (SSSR count). The van der Waals surface area contributed by atoms with Gasteiger partial charge in [0.1, 0.15) is 6.29 Å². The molecular weight excluding hydrogens is 102 g/mol. The monoisotopic (exact) mass is 114 g/mol. The molecule has 8 heavy (non-hydrogen) atoms. The number of carbonyl (C=O) groups excluding carboxylic acids is 1. The molecule has 0 radical (unpaired) electrons. The first-order valence-corrected chi connectivity index (χ1v) is 3.20. The van der Waals surface area contributed by atoms with Gasteiger partial charge in [0.2, 0.25) is 0 Å². The predicted octanol–water partition coefficient (Wildman–Crippen LogP) is -0.841. The molecule has 1 saturated heterocycles. The van der Waals surface area contributed by atoms with Gasteiger partial charge in [-0.05, 0) is 0 Å². The van der Waals surface area contributed by atoms with Crippen molar-refractivity contribution in [3.05, 3.63) is 0 Å². The Hall–Kier alpha value is -0.370. The summed E-state index contributed by atoms with van der Waals surface area (Å²) in [5, 5.41) is 2.26. The van der Waals surface area contributed by atoms with Crippen LogP contribution in [0.3, 0.4) is 0 Å². The number of hydrogen-bond donors (Lipinski definition) is 1. The molecular formula is C6H12NO+. The second kappa shape index (κ2) is 2.82. The molecule has 0 unspecified atom stereocenters. The third-order valence-corrected chi connectivity index (χ3v) is 1.68. The van der Waals surface area contributed by atoms with Gasteiger partial charge in [-0.2, -0.15) is 0 Å². The van der Waals surface area contributed by atoms with Gasteiger partial charge in [-0.3, -0.25) is 0 Å². The highest BCUT2D eigenvalue weighted by Crippen LogP contribution is 2.03. The van der Waals surface area contributed by atoms with Crippen LogP contribution in [0.1, 0.15) is 12.8 Å². The molecule has 1 fully saturated rings. The Labute approximate surface area is 49.3 Å². The van der Waals surface area contributed by atoms with Crippen LogP contribution in [0.5, 0.6) is 0 Å². The number of carbonyl (C=O) groups is 1. The number of aldehydes is 1. The van der Waals surface area contributed by atoms with Crippen LogP contribution >= 0.6 is 0 Å². The van der Waals surface area contributed by atoms with Gasteiger partial charge in [0, 0.05) is 18.8 Å². The van der Waals surface area contributed by atoms with E-state index in [1.165, 1.54) is 0 Å². The molecule has 0 saturated carbocycles. The predicted molar refractivity (Wildman–Crippen MR) is 30.4 cm³/mol. The van der Waals surface area contributed by atoms with Gasteiger partial charge in [-0.1, -0.05) is 0 Å². The summed E-state index contributed by atoms with van der Waals surface area (Å²) in [6.07, 6.45) is 3.26. The molecule has 1 aliphatic rings. The van der Waals surface area contributed by atoms with Crippen LogP contribution in [0.15, 0.2) is 0 Å². The summed E-state index contributed by atoms with van der Waals surface area (Å²) in [6.45, 7) is 2.28. The van der Waals surface area contributed by atoms with Crippen molar-refractivity contribution in [2.75, 3.05) is 13.1 Å². The van der Waals surface area contributed by atoms with Crippen LogP contribution in [-0.2, 0) is 4.79 Å². The molecule has 2 nitrogen and oxygen atoms in total. The van der Waals surface area contributed by atoms with Gasteiger partial charge in [0.25, 0.3) is 0 Å². The van der Waals surface area contributed by atoms with Gasteiger partial charge < -0.3 is 10.1 Å². The lowest BCUT2D eigenvalue weighted by Crippen LogP contribution is -2.86. The Bertz CT molecular complexity index is 76.6. The van der Waals surface area contributed by atoms with E-state index in [-0.39, 0.29) is 0 Å². The van der Waals surface area contributed by atoms with Crippen LogP contribution in [0, 0.1) is 5.92 Å². The number of quaternary nitrogens is 1. The number of hydrogen-bond acceptors (Lipinski definition) is 1. The summed E-state index contributed by atoms with van der Waals surface area (Å²) in [4.78, 5) is 10.1. The minimum absolute atomic E-state index is 0.375. The molecule has 0 aromatic rings. The summed E-state index contributed by atoms with van der Waals surface area (Å²) < 4.78 is 0. The van der Waals surface area contributed by atoms with Gasteiger partial charge in [-0.25, -0.2) is 0 Å². The van der Waals surface area contributed by atoms with Crippen molar-refractivity contribution in [1.29, 1.82) is 0 Å². The molecule has 1 heterocycles. The molecule has 0 amide bonds. The van der Waals surface area contributed by atoms with Crippen LogP contribution in [0.4, 0.5) is 0 Å². The summed E-state index contributed by atoms with van der Waals surface area (Å²) in [5.74, 6) is 0.375. The average molecular weight is 114 g/mol. The fraction of sp³-hybridized carbons (Fsp3) is 0.833. The molecule has 0 aromatic carbocycles. The van der Waals surface area contributed by atoms with E-state index in [1.807, 2.05) is 0 Å². The number of rotatable bonds is 1. The smallest absolute Gasteiger partial charge is 0.123 e. The first-order chi connectivity index (χ1) is 3.93. The van der Waals surface area contributed by atoms with Gasteiger partial charge in [0.15, 0.2) is 0 Å². The first kappa shape index (κ1) is 5.76. The fourth-order valence-electron chi connectivity index (χ4n) is 1.09. The molecule has 0 spiro atoms. The highest BCUT2D eigenvalue weighted by atomic mass is 16.1. The number of piperidine rings is 1. The molecule has 46 valence electrons. The summed E-state index contributed by atoms with van der Waals surface area (Å²) in [7, 11) is 0. The van der Waals surface area contributed by atoms with E-state index in [0.717, 1.165) is 32.2 Å². The van der Waals surface area contributed by atoms with Crippen LogP contribution in [-0.4, -0.2) is 19.4 Å². The summed E-state index contributed by atoms with van der Waals surface area (Å²) in [6, 6.07) is 0. The SMILES string of the molecule is O=CC1CC[NH2+]CC1. The van der Waals surface area contributed by atoms with Crippen molar-refractivity contribution in [3.63, 3.8) is 0 Å². The minimum atomic E-state index is 0.375. The second-order valence-electron chi connectivity index (χ2n) is 2.34. The highest BCUT2D eigenvalue weighted by Gasteiger charge is 2.12. The Morgan fingerprint density at radius 3 is 2.38 bits per heavy atom. The van der Waals surface area contributed by atoms with Crippen molar-refractivity contribution < 1.29 is 10.1 Å². The third-order valence-electron chi connectivity index (χ3n) is 1.68. The quantitative estimate of drug-likeness (QED) is 0.443. The lowest BCUT2D eigenvalue weighted by atomic mass is 10.0. The Morgan fingerprint density at radius 1 is 1.38 bits per heavy atom. The first-order valence-electron chi connectivity index (χ1n) is 3.20. The second-order valence-corrected chi connectivity index (χ2v) is 2.34. The summed E-state index contributed by atoms with van der Waals surface area (Å²) >= 11 is 0. The normalized spacial score (nSPS) is 23.0. The van der Waals surface area contributed by atoms with E-state index >= 15 is 0 Å². The zero-order chi connectivity index (χ0) is 5.82. The Morgan fingerprint density at radius 2 is 2.00 bits per heavy atom. The summed E-state index contributed by atoms with van der Waals surface area (Å²) in [5.41, 5.74) is 0. The van der Waals surface area contributed by atoms with E-state index in [0.29, 0.717) is 5.92 Å². The van der Waals surface area contributed by atoms with E-state index in [4.69, 9.17) is 0 Å². The van der Waals surface area contributed by atoms with E-state index < -0.39 is 0 Å². The van der Waals surface area contributed by atoms with Crippen LogP contribution in [0.25, 0.3) is 0 Å². The molecule has 2 N–H and O–H groups in total. The van der Waals surface area contributed by atoms with Crippen molar-refractivity contribution in [2.24, 2.45) is 5.92 Å². The van der Waals surface area contributed by atoms with E-state index in [2.05, 4.69) is 5.32 Å². The fourth-order valence-corrected chi connectivity index (χ4v) is 1.09. The molecule has 0 atom stereocenters. The molecule has 2 heteroatoms. The van der Waals surface area contributed by atoms with Crippen molar-refractivity contribution in [2.45, 2.75) is 12.8 Å². The van der Waals surface area contributed by atoms with Crippen LogP contribution in [0.2, 0.25) is 0 Å².